The van der Waals surface area contributed by atoms with Crippen LogP contribution in [0.15, 0.2) is 11.3 Å². The molecule has 27 heavy (non-hydrogen) atoms. The summed E-state index contributed by atoms with van der Waals surface area (Å²) in [4.78, 5) is 36.1. The van der Waals surface area contributed by atoms with Crippen LogP contribution in [0.3, 0.4) is 0 Å². The molecule has 0 saturated carbocycles. The fourth-order valence-electron chi connectivity index (χ4n) is 3.21. The summed E-state index contributed by atoms with van der Waals surface area (Å²) in [5.74, 6) is -2.57. The Kier molecular flexibility index (Phi) is 10.6. The van der Waals surface area contributed by atoms with Crippen molar-refractivity contribution < 1.29 is 28.6 Å². The van der Waals surface area contributed by atoms with Crippen LogP contribution in [0.5, 0.6) is 0 Å². The average molecular weight is 401 g/mol. The van der Waals surface area contributed by atoms with Gasteiger partial charge in [-0.3, -0.25) is 14.4 Å². The number of ether oxygens (including phenoxy) is 3. The molecule has 6 nitrogen and oxygen atoms in total. The number of esters is 3. The van der Waals surface area contributed by atoms with Gasteiger partial charge in [0.1, 0.15) is 12.2 Å². The third-order valence-corrected chi connectivity index (χ3v) is 10.8. The smallest absolute Gasteiger partial charge is 0.321 e. The molecule has 0 aromatic carbocycles. The number of carbonyl (C=O) groups is 3. The number of carbonyl (C=O) groups excluding carboxylic acids is 3. The number of hydrogen-bond donors (Lipinski definition) is 0. The quantitative estimate of drug-likeness (QED) is 0.238. The van der Waals surface area contributed by atoms with Gasteiger partial charge in [0, 0.05) is 6.92 Å². The minimum Gasteiger partial charge on any atom is -0.468 e. The topological polar surface area (TPSA) is 78.9 Å². The molecular weight excluding hydrogens is 364 g/mol. The number of hydrogen-bond acceptors (Lipinski definition) is 6. The monoisotopic (exact) mass is 400 g/mol. The summed E-state index contributed by atoms with van der Waals surface area (Å²) in [6, 6.07) is 2.94. The fourth-order valence-corrected chi connectivity index (χ4v) is 7.22. The van der Waals surface area contributed by atoms with Gasteiger partial charge in [0.15, 0.2) is 5.92 Å². The van der Waals surface area contributed by atoms with Gasteiger partial charge in [0.2, 0.25) is 0 Å². The van der Waals surface area contributed by atoms with E-state index in [1.165, 1.54) is 14.0 Å². The van der Waals surface area contributed by atoms with Crippen molar-refractivity contribution >= 4 is 26.0 Å². The van der Waals surface area contributed by atoms with Gasteiger partial charge in [0.05, 0.1) is 15.2 Å². The van der Waals surface area contributed by atoms with Crippen LogP contribution in [0.1, 0.15) is 54.9 Å². The molecule has 0 radical (unpaired) electrons. The summed E-state index contributed by atoms with van der Waals surface area (Å²) in [6.07, 6.45) is 2.12. The summed E-state index contributed by atoms with van der Waals surface area (Å²) in [5, 5.41) is 1.05. The molecule has 0 heterocycles. The van der Waals surface area contributed by atoms with Crippen molar-refractivity contribution in [3.05, 3.63) is 11.3 Å². The second-order valence-corrected chi connectivity index (χ2v) is 13.0. The molecular formula is C20H36O6Si. The van der Waals surface area contributed by atoms with Crippen LogP contribution in [-0.2, 0) is 28.6 Å². The lowest BCUT2D eigenvalue weighted by atomic mass is 10.0. The van der Waals surface area contributed by atoms with Crippen LogP contribution >= 0.6 is 0 Å². The third-order valence-electron chi connectivity index (χ3n) is 4.93. The lowest BCUT2D eigenvalue weighted by Gasteiger charge is -2.33. The predicted molar refractivity (Wildman–Crippen MR) is 108 cm³/mol. The molecule has 0 bridgehead atoms. The van der Waals surface area contributed by atoms with E-state index in [-0.39, 0.29) is 19.0 Å². The highest BCUT2D eigenvalue weighted by Crippen LogP contribution is 2.33. The molecule has 0 fully saturated rings. The van der Waals surface area contributed by atoms with Gasteiger partial charge in [-0.05, 0) is 27.2 Å². The number of allylic oxidation sites excluding steroid dienone is 1. The first-order chi connectivity index (χ1) is 12.5. The van der Waals surface area contributed by atoms with Gasteiger partial charge in [-0.1, -0.05) is 50.2 Å². The van der Waals surface area contributed by atoms with Crippen LogP contribution in [-0.4, -0.2) is 45.3 Å². The SMILES string of the molecule is CC[Si](CC)(CC)/C(=C/COC(C)=O)CC(C(=O)OC)C(=O)OC(C)(C)C. The van der Waals surface area contributed by atoms with E-state index in [0.717, 1.165) is 23.3 Å². The Labute approximate surface area is 164 Å². The van der Waals surface area contributed by atoms with Crippen LogP contribution in [0.2, 0.25) is 18.1 Å². The molecule has 0 amide bonds. The molecule has 0 rings (SSSR count). The predicted octanol–water partition coefficient (Wildman–Crippen LogP) is 4.04. The molecule has 0 N–H and O–H groups in total. The zero-order chi connectivity index (χ0) is 21.3. The highest BCUT2D eigenvalue weighted by Gasteiger charge is 2.38. The standard InChI is InChI=1S/C20H36O6Si/c1-9-27(10-2,11-3)16(12-13-25-15(4)21)14-17(18(22)24-8)19(23)26-20(5,6)7/h12,17H,9-11,13-14H2,1-8H3/b16-12+. The van der Waals surface area contributed by atoms with Crippen molar-refractivity contribution in [1.82, 2.24) is 0 Å². The first-order valence-corrected chi connectivity index (χ1v) is 12.2. The summed E-state index contributed by atoms with van der Waals surface area (Å²) >= 11 is 0. The van der Waals surface area contributed by atoms with Crippen molar-refractivity contribution in [2.75, 3.05) is 13.7 Å². The van der Waals surface area contributed by atoms with E-state index in [1.807, 2.05) is 6.08 Å². The molecule has 0 saturated heterocycles. The lowest BCUT2D eigenvalue weighted by molar-refractivity contribution is -0.168. The fraction of sp³-hybridized carbons (Fsp3) is 0.750. The number of rotatable bonds is 10. The third kappa shape index (κ3) is 8.28. The van der Waals surface area contributed by atoms with E-state index >= 15 is 0 Å². The Morgan fingerprint density at radius 3 is 1.89 bits per heavy atom. The largest absolute Gasteiger partial charge is 0.468 e. The molecule has 0 aliphatic carbocycles. The second kappa shape index (κ2) is 11.3. The van der Waals surface area contributed by atoms with Gasteiger partial charge in [-0.2, -0.15) is 0 Å². The first kappa shape index (κ1) is 25.4. The minimum absolute atomic E-state index is 0.141. The van der Waals surface area contributed by atoms with Gasteiger partial charge in [-0.25, -0.2) is 0 Å². The Hall–Kier alpha value is -1.63. The van der Waals surface area contributed by atoms with E-state index in [0.29, 0.717) is 0 Å². The summed E-state index contributed by atoms with van der Waals surface area (Å²) in [7, 11) is -0.621. The van der Waals surface area contributed by atoms with E-state index in [4.69, 9.17) is 14.2 Å². The maximum atomic E-state index is 12.6. The van der Waals surface area contributed by atoms with Gasteiger partial charge in [0.25, 0.3) is 0 Å². The Balaban J connectivity index is 5.87. The van der Waals surface area contributed by atoms with Crippen LogP contribution < -0.4 is 0 Å². The average Bonchev–Trinajstić information content (AvgIpc) is 2.58. The van der Waals surface area contributed by atoms with Gasteiger partial charge >= 0.3 is 17.9 Å². The van der Waals surface area contributed by atoms with Crippen molar-refractivity contribution in [3.8, 4) is 0 Å². The molecule has 7 heteroatoms. The highest BCUT2D eigenvalue weighted by molar-refractivity contribution is 6.86. The van der Waals surface area contributed by atoms with Crippen LogP contribution in [0, 0.1) is 5.92 Å². The molecule has 1 unspecified atom stereocenters. The molecule has 0 aromatic rings. The Bertz CT molecular complexity index is 535. The summed E-state index contributed by atoms with van der Waals surface area (Å²) in [6.45, 7) is 13.2. The van der Waals surface area contributed by atoms with Crippen molar-refractivity contribution in [1.29, 1.82) is 0 Å². The van der Waals surface area contributed by atoms with E-state index in [9.17, 15) is 14.4 Å². The molecule has 156 valence electrons. The zero-order valence-corrected chi connectivity index (χ0v) is 19.1. The number of methoxy groups -OCH3 is 1. The van der Waals surface area contributed by atoms with E-state index in [1.54, 1.807) is 20.8 Å². The van der Waals surface area contributed by atoms with Crippen molar-refractivity contribution in [2.24, 2.45) is 5.92 Å². The molecule has 0 aromatic heterocycles. The maximum Gasteiger partial charge on any atom is 0.321 e. The van der Waals surface area contributed by atoms with Crippen molar-refractivity contribution in [2.45, 2.75) is 78.6 Å². The minimum atomic E-state index is -1.89. The van der Waals surface area contributed by atoms with Crippen LogP contribution in [0.25, 0.3) is 0 Å². The molecule has 1 atom stereocenters. The maximum absolute atomic E-state index is 12.6. The zero-order valence-electron chi connectivity index (χ0n) is 18.1. The second-order valence-electron chi connectivity index (χ2n) is 7.69. The van der Waals surface area contributed by atoms with Crippen LogP contribution in [0.4, 0.5) is 0 Å². The van der Waals surface area contributed by atoms with E-state index in [2.05, 4.69) is 20.8 Å². The summed E-state index contributed by atoms with van der Waals surface area (Å²) in [5.41, 5.74) is -0.695. The highest BCUT2D eigenvalue weighted by atomic mass is 28.3. The van der Waals surface area contributed by atoms with Crippen molar-refractivity contribution in [3.63, 3.8) is 0 Å². The lowest BCUT2D eigenvalue weighted by Crippen LogP contribution is -2.40. The Morgan fingerprint density at radius 1 is 1.00 bits per heavy atom. The van der Waals surface area contributed by atoms with E-state index < -0.39 is 31.5 Å². The Morgan fingerprint density at radius 2 is 1.52 bits per heavy atom. The summed E-state index contributed by atoms with van der Waals surface area (Å²) < 4.78 is 15.4. The molecule has 0 spiro atoms. The first-order valence-electron chi connectivity index (χ1n) is 9.59. The molecule has 0 aliphatic rings. The normalized spacial score (nSPS) is 13.7. The molecule has 0 aliphatic heterocycles. The van der Waals surface area contributed by atoms with Gasteiger partial charge < -0.3 is 14.2 Å². The van der Waals surface area contributed by atoms with Gasteiger partial charge in [-0.15, -0.1) is 0 Å².